The topological polar surface area (TPSA) is 74.8 Å². The fourth-order valence-corrected chi connectivity index (χ4v) is 1.98. The molecule has 6 nitrogen and oxygen atoms in total. The molecule has 96 valence electrons. The van der Waals surface area contributed by atoms with Gasteiger partial charge in [0.15, 0.2) is 0 Å². The van der Waals surface area contributed by atoms with E-state index >= 15 is 0 Å². The van der Waals surface area contributed by atoms with Crippen LogP contribution in [-0.4, -0.2) is 38.0 Å². The number of carbonyl (C=O) groups excluding carboxylic acids is 1. The normalized spacial score (nSPS) is 10.9. The molecule has 1 amide bonds. The molecule has 0 unspecified atom stereocenters. The molecule has 2 aromatic rings. The van der Waals surface area contributed by atoms with Gasteiger partial charge < -0.3 is 4.90 Å². The fourth-order valence-electron chi connectivity index (χ4n) is 1.43. The van der Waals surface area contributed by atoms with E-state index in [0.717, 1.165) is 11.5 Å². The van der Waals surface area contributed by atoms with Crippen molar-refractivity contribution in [2.45, 2.75) is 26.3 Å². The molecule has 0 aliphatic carbocycles. The van der Waals surface area contributed by atoms with Crippen molar-refractivity contribution >= 4 is 17.2 Å². The summed E-state index contributed by atoms with van der Waals surface area (Å²) in [5.41, 5.74) is 2.62. The number of rotatable bonds is 4. The zero-order chi connectivity index (χ0) is 13.1. The van der Waals surface area contributed by atoms with Crippen molar-refractivity contribution in [3.63, 3.8) is 0 Å². The zero-order valence-electron chi connectivity index (χ0n) is 10.5. The maximum atomic E-state index is 12.1. The van der Waals surface area contributed by atoms with Crippen LogP contribution < -0.4 is 0 Å². The van der Waals surface area contributed by atoms with E-state index in [1.54, 1.807) is 17.5 Å². The standard InChI is InChI=1S/C11H15N5OS/c1-7(2)9-13-10(15-14-9)11(17)16(3)4-8-5-18-6-12-8/h5-7H,4H2,1-3H3,(H,13,14,15). The van der Waals surface area contributed by atoms with Crippen LogP contribution in [0.5, 0.6) is 0 Å². The van der Waals surface area contributed by atoms with Crippen LogP contribution in [0.25, 0.3) is 0 Å². The number of aromatic amines is 1. The van der Waals surface area contributed by atoms with E-state index in [9.17, 15) is 4.79 Å². The van der Waals surface area contributed by atoms with Crippen LogP contribution >= 0.6 is 11.3 Å². The molecular weight excluding hydrogens is 250 g/mol. The summed E-state index contributed by atoms with van der Waals surface area (Å²) < 4.78 is 0. The van der Waals surface area contributed by atoms with Crippen molar-refractivity contribution in [1.82, 2.24) is 25.1 Å². The molecule has 18 heavy (non-hydrogen) atoms. The summed E-state index contributed by atoms with van der Waals surface area (Å²) in [6.07, 6.45) is 0. The first-order valence-corrected chi connectivity index (χ1v) is 6.57. The molecule has 0 aliphatic heterocycles. The maximum Gasteiger partial charge on any atom is 0.293 e. The van der Waals surface area contributed by atoms with Gasteiger partial charge in [-0.3, -0.25) is 9.89 Å². The molecular formula is C11H15N5OS. The molecule has 2 heterocycles. The molecule has 7 heteroatoms. The predicted molar refractivity (Wildman–Crippen MR) is 68.4 cm³/mol. The molecule has 0 atom stereocenters. The molecule has 0 saturated heterocycles. The van der Waals surface area contributed by atoms with Crippen molar-refractivity contribution in [2.24, 2.45) is 0 Å². The highest BCUT2D eigenvalue weighted by molar-refractivity contribution is 7.07. The lowest BCUT2D eigenvalue weighted by Crippen LogP contribution is -2.27. The van der Waals surface area contributed by atoms with E-state index in [0.29, 0.717) is 6.54 Å². The van der Waals surface area contributed by atoms with Gasteiger partial charge in [0.1, 0.15) is 5.82 Å². The molecule has 0 radical (unpaired) electrons. The number of hydrogen-bond acceptors (Lipinski definition) is 5. The summed E-state index contributed by atoms with van der Waals surface area (Å²) in [4.78, 5) is 21.9. The second-order valence-corrected chi connectivity index (χ2v) is 5.06. The van der Waals surface area contributed by atoms with Gasteiger partial charge in [0.25, 0.3) is 5.91 Å². The Hall–Kier alpha value is -1.76. The van der Waals surface area contributed by atoms with E-state index in [1.807, 2.05) is 19.2 Å². The predicted octanol–water partition coefficient (Wildman–Crippen LogP) is 1.66. The summed E-state index contributed by atoms with van der Waals surface area (Å²) in [5, 5.41) is 8.64. The Balaban J connectivity index is 2.05. The van der Waals surface area contributed by atoms with Crippen LogP contribution in [0.15, 0.2) is 10.9 Å². The SMILES string of the molecule is CC(C)c1nc(C(=O)N(C)Cc2cscn2)n[nH]1. The highest BCUT2D eigenvalue weighted by Gasteiger charge is 2.18. The number of nitrogens with zero attached hydrogens (tertiary/aromatic N) is 4. The third-order valence-corrected chi connectivity index (χ3v) is 3.11. The number of aromatic nitrogens is 4. The van der Waals surface area contributed by atoms with Gasteiger partial charge in [-0.15, -0.1) is 16.4 Å². The van der Waals surface area contributed by atoms with Crippen molar-refractivity contribution < 1.29 is 4.79 Å². The van der Waals surface area contributed by atoms with Crippen molar-refractivity contribution in [3.05, 3.63) is 28.2 Å². The number of carbonyl (C=O) groups is 1. The van der Waals surface area contributed by atoms with E-state index in [2.05, 4.69) is 20.2 Å². The molecule has 0 bridgehead atoms. The first-order valence-electron chi connectivity index (χ1n) is 5.62. The minimum atomic E-state index is -0.203. The Labute approximate surface area is 109 Å². The van der Waals surface area contributed by atoms with Gasteiger partial charge in [0.2, 0.25) is 5.82 Å². The highest BCUT2D eigenvalue weighted by atomic mass is 32.1. The molecule has 0 saturated carbocycles. The molecule has 0 aliphatic rings. The van der Waals surface area contributed by atoms with Crippen LogP contribution in [0, 0.1) is 0 Å². The summed E-state index contributed by atoms with van der Waals surface area (Å²) in [6, 6.07) is 0. The second-order valence-electron chi connectivity index (χ2n) is 4.34. The molecule has 2 rings (SSSR count). The zero-order valence-corrected chi connectivity index (χ0v) is 11.4. The van der Waals surface area contributed by atoms with Crippen LogP contribution in [0.2, 0.25) is 0 Å². The van der Waals surface area contributed by atoms with Gasteiger partial charge in [-0.2, -0.15) is 0 Å². The van der Waals surface area contributed by atoms with Crippen molar-refractivity contribution in [2.75, 3.05) is 7.05 Å². The highest BCUT2D eigenvalue weighted by Crippen LogP contribution is 2.10. The second kappa shape index (κ2) is 5.26. The van der Waals surface area contributed by atoms with Crippen molar-refractivity contribution in [1.29, 1.82) is 0 Å². The van der Waals surface area contributed by atoms with Gasteiger partial charge in [-0.25, -0.2) is 9.97 Å². The quantitative estimate of drug-likeness (QED) is 0.912. The molecule has 0 aromatic carbocycles. The van der Waals surface area contributed by atoms with Gasteiger partial charge >= 0.3 is 0 Å². The number of hydrogen-bond donors (Lipinski definition) is 1. The Bertz CT molecular complexity index is 519. The molecule has 1 N–H and O–H groups in total. The number of nitrogens with one attached hydrogen (secondary N) is 1. The fraction of sp³-hybridized carbons (Fsp3) is 0.455. The van der Waals surface area contributed by atoms with E-state index < -0.39 is 0 Å². The first-order chi connectivity index (χ1) is 8.58. The lowest BCUT2D eigenvalue weighted by molar-refractivity contribution is 0.0772. The summed E-state index contributed by atoms with van der Waals surface area (Å²) >= 11 is 1.51. The number of thiazole rings is 1. The van der Waals surface area contributed by atoms with Crippen LogP contribution in [0.3, 0.4) is 0 Å². The van der Waals surface area contributed by atoms with Gasteiger partial charge in [-0.1, -0.05) is 13.8 Å². The van der Waals surface area contributed by atoms with Crippen LogP contribution in [0.4, 0.5) is 0 Å². The minimum absolute atomic E-state index is 0.203. The largest absolute Gasteiger partial charge is 0.333 e. The summed E-state index contributed by atoms with van der Waals surface area (Å²) in [5.74, 6) is 0.950. The average Bonchev–Trinajstić information content (AvgIpc) is 2.98. The lowest BCUT2D eigenvalue weighted by atomic mass is 10.2. The number of H-pyrrole nitrogens is 1. The smallest absolute Gasteiger partial charge is 0.293 e. The average molecular weight is 265 g/mol. The van der Waals surface area contributed by atoms with Gasteiger partial charge in [-0.05, 0) is 0 Å². The van der Waals surface area contributed by atoms with Crippen LogP contribution in [0.1, 0.15) is 41.9 Å². The minimum Gasteiger partial charge on any atom is -0.333 e. The summed E-state index contributed by atoms with van der Waals surface area (Å²) in [7, 11) is 1.72. The van der Waals surface area contributed by atoms with E-state index in [-0.39, 0.29) is 17.6 Å². The van der Waals surface area contributed by atoms with Gasteiger partial charge in [0, 0.05) is 18.3 Å². The van der Waals surface area contributed by atoms with Crippen molar-refractivity contribution in [3.8, 4) is 0 Å². The van der Waals surface area contributed by atoms with E-state index in [4.69, 9.17) is 0 Å². The Morgan fingerprint density at radius 3 is 2.89 bits per heavy atom. The maximum absolute atomic E-state index is 12.1. The molecule has 0 spiro atoms. The van der Waals surface area contributed by atoms with E-state index in [1.165, 1.54) is 11.3 Å². The Kier molecular flexibility index (Phi) is 3.71. The van der Waals surface area contributed by atoms with Crippen LogP contribution in [-0.2, 0) is 6.54 Å². The lowest BCUT2D eigenvalue weighted by Gasteiger charge is -2.13. The third-order valence-electron chi connectivity index (χ3n) is 2.47. The third kappa shape index (κ3) is 2.73. The molecule has 0 fully saturated rings. The Morgan fingerprint density at radius 1 is 1.56 bits per heavy atom. The monoisotopic (exact) mass is 265 g/mol. The first kappa shape index (κ1) is 12.7. The molecule has 2 aromatic heterocycles. The number of amides is 1. The Morgan fingerprint density at radius 2 is 2.33 bits per heavy atom. The van der Waals surface area contributed by atoms with Gasteiger partial charge in [0.05, 0.1) is 17.7 Å². The summed E-state index contributed by atoms with van der Waals surface area (Å²) in [6.45, 7) is 4.45.